The van der Waals surface area contributed by atoms with Gasteiger partial charge in [0.1, 0.15) is 0 Å². The van der Waals surface area contributed by atoms with Crippen molar-refractivity contribution in [1.29, 1.82) is 0 Å². The molecule has 0 bridgehead atoms. The Hall–Kier alpha value is -3.32. The van der Waals surface area contributed by atoms with E-state index in [-0.39, 0.29) is 5.56 Å². The molecule has 1 N–H and O–H groups in total. The van der Waals surface area contributed by atoms with Crippen molar-refractivity contribution in [2.24, 2.45) is 7.05 Å². The first-order chi connectivity index (χ1) is 15.3. The zero-order valence-corrected chi connectivity index (χ0v) is 17.5. The number of hydrogen-bond acceptors (Lipinski definition) is 2. The van der Waals surface area contributed by atoms with Crippen LogP contribution in [0.1, 0.15) is 23.2 Å². The number of fused-ring (bicyclic) bond motifs is 3. The van der Waals surface area contributed by atoms with Crippen molar-refractivity contribution < 1.29 is 13.2 Å². The first kappa shape index (κ1) is 20.6. The fourth-order valence-corrected chi connectivity index (χ4v) is 4.54. The molecule has 0 unspecified atom stereocenters. The third-order valence-electron chi connectivity index (χ3n) is 6.23. The van der Waals surface area contributed by atoms with Gasteiger partial charge in [-0.3, -0.25) is 9.36 Å². The van der Waals surface area contributed by atoms with Gasteiger partial charge in [0, 0.05) is 36.9 Å². The number of alkyl halides is 3. The lowest BCUT2D eigenvalue weighted by molar-refractivity contribution is -0.137. The number of rotatable bonds is 2. The highest BCUT2D eigenvalue weighted by molar-refractivity contribution is 5.87. The smallest absolute Gasteiger partial charge is 0.347 e. The first-order valence-electron chi connectivity index (χ1n) is 10.5. The Bertz CT molecular complexity index is 1360. The van der Waals surface area contributed by atoms with Crippen LogP contribution in [-0.4, -0.2) is 15.7 Å². The number of aromatic nitrogens is 2. The van der Waals surface area contributed by atoms with Crippen LogP contribution in [0.3, 0.4) is 0 Å². The Kier molecular flexibility index (Phi) is 4.93. The van der Waals surface area contributed by atoms with E-state index in [2.05, 4.69) is 23.0 Å². The van der Waals surface area contributed by atoms with Crippen LogP contribution in [0.2, 0.25) is 0 Å². The fourth-order valence-electron chi connectivity index (χ4n) is 4.54. The SMILES string of the molecule is Cn1c2c(c3ccc(-n4ccc(-c5ccc(C(F)(F)F)cc5)cc4=O)cc31)CNCCC2. The van der Waals surface area contributed by atoms with Crippen LogP contribution in [-0.2, 0) is 26.2 Å². The average Bonchev–Trinajstić information content (AvgIpc) is 2.93. The molecule has 0 saturated carbocycles. The molecule has 1 aliphatic rings. The Balaban J connectivity index is 1.52. The fraction of sp³-hybridized carbons (Fsp3) is 0.240. The molecule has 3 heterocycles. The average molecular weight is 437 g/mol. The van der Waals surface area contributed by atoms with E-state index in [1.54, 1.807) is 16.8 Å². The molecule has 164 valence electrons. The standard InChI is InChI=1S/C25H22F3N3O/c1-30-22-3-2-11-29-15-21(22)20-9-8-19(14-23(20)30)31-12-10-17(13-24(31)32)16-4-6-18(7-5-16)25(26,27)28/h4-10,12-14,29H,2-3,11,15H2,1H3. The Labute approximate surface area is 182 Å². The molecule has 0 fully saturated rings. The van der Waals surface area contributed by atoms with Crippen LogP contribution < -0.4 is 10.9 Å². The topological polar surface area (TPSA) is 39.0 Å². The van der Waals surface area contributed by atoms with Gasteiger partial charge in [-0.25, -0.2) is 0 Å². The second-order valence-corrected chi connectivity index (χ2v) is 8.16. The number of hydrogen-bond donors (Lipinski definition) is 1. The lowest BCUT2D eigenvalue weighted by Gasteiger charge is -2.10. The largest absolute Gasteiger partial charge is 0.416 e. The number of pyridine rings is 1. The van der Waals surface area contributed by atoms with Gasteiger partial charge in [-0.05, 0) is 66.4 Å². The Morgan fingerprint density at radius 2 is 1.75 bits per heavy atom. The van der Waals surface area contributed by atoms with Crippen molar-refractivity contribution in [2.75, 3.05) is 6.54 Å². The second kappa shape index (κ2) is 7.67. The zero-order valence-electron chi connectivity index (χ0n) is 17.5. The molecule has 0 amide bonds. The minimum Gasteiger partial charge on any atom is -0.347 e. The van der Waals surface area contributed by atoms with Crippen molar-refractivity contribution in [3.8, 4) is 16.8 Å². The highest BCUT2D eigenvalue weighted by Crippen LogP contribution is 2.31. The van der Waals surface area contributed by atoms with E-state index in [9.17, 15) is 18.0 Å². The Morgan fingerprint density at radius 1 is 0.969 bits per heavy atom. The molecule has 1 aliphatic heterocycles. The summed E-state index contributed by atoms with van der Waals surface area (Å²) in [5, 5.41) is 4.66. The van der Waals surface area contributed by atoms with Gasteiger partial charge in [-0.2, -0.15) is 13.2 Å². The quantitative estimate of drug-likeness (QED) is 0.477. The van der Waals surface area contributed by atoms with Crippen molar-refractivity contribution >= 4 is 10.9 Å². The van der Waals surface area contributed by atoms with E-state index in [0.717, 1.165) is 49.3 Å². The third kappa shape index (κ3) is 3.52. The minimum atomic E-state index is -4.38. The van der Waals surface area contributed by atoms with Gasteiger partial charge >= 0.3 is 6.18 Å². The molecular weight excluding hydrogens is 415 g/mol. The predicted octanol–water partition coefficient (Wildman–Crippen LogP) is 5.05. The lowest BCUT2D eigenvalue weighted by Crippen LogP contribution is -2.16. The summed E-state index contributed by atoms with van der Waals surface area (Å²) < 4.78 is 42.2. The maximum absolute atomic E-state index is 12.9. The number of halogens is 3. The molecule has 4 nitrogen and oxygen atoms in total. The van der Waals surface area contributed by atoms with Crippen LogP contribution in [0.15, 0.2) is 65.6 Å². The summed E-state index contributed by atoms with van der Waals surface area (Å²) >= 11 is 0. The number of nitrogens with one attached hydrogen (secondary N) is 1. The summed E-state index contributed by atoms with van der Waals surface area (Å²) in [6, 6.07) is 14.1. The highest BCUT2D eigenvalue weighted by Gasteiger charge is 2.30. The summed E-state index contributed by atoms with van der Waals surface area (Å²) in [7, 11) is 2.06. The summed E-state index contributed by atoms with van der Waals surface area (Å²) in [6.45, 7) is 1.85. The molecule has 5 rings (SSSR count). The monoisotopic (exact) mass is 437 g/mol. The summed E-state index contributed by atoms with van der Waals surface area (Å²) in [6.07, 6.45) is -0.600. The third-order valence-corrected chi connectivity index (χ3v) is 6.23. The molecule has 0 saturated heterocycles. The molecule has 0 radical (unpaired) electrons. The van der Waals surface area contributed by atoms with E-state index in [1.807, 2.05) is 12.1 Å². The first-order valence-corrected chi connectivity index (χ1v) is 10.5. The number of aryl methyl sites for hydroxylation is 1. The molecule has 2 aromatic carbocycles. The van der Waals surface area contributed by atoms with Gasteiger partial charge in [-0.1, -0.05) is 18.2 Å². The van der Waals surface area contributed by atoms with Crippen LogP contribution in [0, 0.1) is 0 Å². The predicted molar refractivity (Wildman–Crippen MR) is 119 cm³/mol. The molecule has 4 aromatic rings. The summed E-state index contributed by atoms with van der Waals surface area (Å²) in [4.78, 5) is 12.9. The molecule has 0 atom stereocenters. The van der Waals surface area contributed by atoms with Crippen molar-refractivity contribution in [3.63, 3.8) is 0 Å². The lowest BCUT2D eigenvalue weighted by atomic mass is 10.0. The van der Waals surface area contributed by atoms with Crippen LogP contribution in [0.5, 0.6) is 0 Å². The van der Waals surface area contributed by atoms with Gasteiger partial charge in [0.15, 0.2) is 0 Å². The molecule has 7 heteroatoms. The maximum Gasteiger partial charge on any atom is 0.416 e. The van der Waals surface area contributed by atoms with Gasteiger partial charge in [0.05, 0.1) is 16.8 Å². The second-order valence-electron chi connectivity index (χ2n) is 8.16. The van der Waals surface area contributed by atoms with Gasteiger partial charge in [-0.15, -0.1) is 0 Å². The molecule has 0 spiro atoms. The van der Waals surface area contributed by atoms with Crippen molar-refractivity contribution in [3.05, 3.63) is 88.0 Å². The normalized spacial score (nSPS) is 14.4. The van der Waals surface area contributed by atoms with Crippen LogP contribution in [0.4, 0.5) is 13.2 Å². The van der Waals surface area contributed by atoms with E-state index in [0.29, 0.717) is 11.1 Å². The Morgan fingerprint density at radius 3 is 2.47 bits per heavy atom. The van der Waals surface area contributed by atoms with E-state index < -0.39 is 11.7 Å². The van der Waals surface area contributed by atoms with Gasteiger partial charge in [0.2, 0.25) is 0 Å². The minimum absolute atomic E-state index is 0.237. The molecular formula is C25H22F3N3O. The molecule has 32 heavy (non-hydrogen) atoms. The van der Waals surface area contributed by atoms with E-state index in [4.69, 9.17) is 0 Å². The highest BCUT2D eigenvalue weighted by atomic mass is 19.4. The summed E-state index contributed by atoms with van der Waals surface area (Å²) in [5.74, 6) is 0. The van der Waals surface area contributed by atoms with Gasteiger partial charge < -0.3 is 9.88 Å². The molecule has 0 aliphatic carbocycles. The number of benzene rings is 2. The van der Waals surface area contributed by atoms with Crippen molar-refractivity contribution in [1.82, 2.24) is 14.5 Å². The van der Waals surface area contributed by atoms with Gasteiger partial charge in [0.25, 0.3) is 5.56 Å². The summed E-state index contributed by atoms with van der Waals surface area (Å²) in [5.41, 5.74) is 4.68. The zero-order chi connectivity index (χ0) is 22.5. The number of nitrogens with zero attached hydrogens (tertiary/aromatic N) is 2. The maximum atomic E-state index is 12.9. The molecule has 2 aromatic heterocycles. The van der Waals surface area contributed by atoms with Crippen molar-refractivity contribution in [2.45, 2.75) is 25.6 Å². The van der Waals surface area contributed by atoms with Crippen LogP contribution >= 0.6 is 0 Å². The van der Waals surface area contributed by atoms with Crippen LogP contribution in [0.25, 0.3) is 27.7 Å². The van der Waals surface area contributed by atoms with E-state index in [1.165, 1.54) is 34.8 Å². The van der Waals surface area contributed by atoms with E-state index >= 15 is 0 Å².